The fourth-order valence-corrected chi connectivity index (χ4v) is 5.65. The quantitative estimate of drug-likeness (QED) is 0.817. The Hall–Kier alpha value is -1.31. The zero-order valence-electron chi connectivity index (χ0n) is 15.0. The normalized spacial score (nSPS) is 26.8. The number of ether oxygens (including phenoxy) is 1. The lowest BCUT2D eigenvalue weighted by molar-refractivity contribution is 0.269. The summed E-state index contributed by atoms with van der Waals surface area (Å²) in [6, 6.07) is 6.32. The van der Waals surface area contributed by atoms with Crippen molar-refractivity contribution in [2.75, 3.05) is 45.2 Å². The zero-order valence-corrected chi connectivity index (χ0v) is 15.8. The third-order valence-electron chi connectivity index (χ3n) is 5.51. The molecule has 1 aromatic rings. The van der Waals surface area contributed by atoms with Crippen LogP contribution in [0.2, 0.25) is 0 Å². The molecule has 3 aliphatic rings. The van der Waals surface area contributed by atoms with Crippen molar-refractivity contribution in [3.8, 4) is 5.75 Å². The van der Waals surface area contributed by atoms with Gasteiger partial charge in [-0.2, -0.15) is 4.31 Å². The molecule has 2 heterocycles. The van der Waals surface area contributed by atoms with E-state index < -0.39 is 10.0 Å². The second kappa shape index (κ2) is 6.45. The topological polar surface area (TPSA) is 53.1 Å². The third-order valence-corrected chi connectivity index (χ3v) is 7.50. The number of hydrogen-bond donors (Lipinski definition) is 0. The van der Waals surface area contributed by atoms with Crippen LogP contribution in [0.15, 0.2) is 23.1 Å². The van der Waals surface area contributed by atoms with E-state index in [1.165, 1.54) is 0 Å². The van der Waals surface area contributed by atoms with Crippen LogP contribution in [0, 0.1) is 0 Å². The second-order valence-corrected chi connectivity index (χ2v) is 9.39. The monoisotopic (exact) mass is 365 g/mol. The van der Waals surface area contributed by atoms with Gasteiger partial charge in [-0.3, -0.25) is 0 Å². The van der Waals surface area contributed by atoms with Gasteiger partial charge in [0.1, 0.15) is 10.6 Å². The molecule has 1 aromatic carbocycles. The molecule has 0 N–H and O–H groups in total. The van der Waals surface area contributed by atoms with Gasteiger partial charge in [0.25, 0.3) is 0 Å². The maximum atomic E-state index is 13.1. The Kier molecular flexibility index (Phi) is 4.42. The van der Waals surface area contributed by atoms with Crippen LogP contribution < -0.4 is 9.64 Å². The Morgan fingerprint density at radius 1 is 1.16 bits per heavy atom. The fourth-order valence-electron chi connectivity index (χ4n) is 3.81. The first-order chi connectivity index (χ1) is 12.0. The standard InChI is InChI=1S/C18H27N3O3S/c1-19(2)16-8-10-20(13-16)15-6-7-18-17(12-15)24-11-3-9-21(14-4-5-14)25(18,22)23/h6-7,12,14,16H,3-5,8-11,13H2,1-2H3/t16-/m1/s1. The SMILES string of the molecule is CN(C)[C@@H]1CCN(c2ccc3c(c2)OCCCN(C2CC2)S3(=O)=O)C1. The van der Waals surface area contributed by atoms with Gasteiger partial charge in [0.2, 0.25) is 10.0 Å². The molecule has 0 spiro atoms. The third kappa shape index (κ3) is 3.25. The van der Waals surface area contributed by atoms with Crippen LogP contribution >= 0.6 is 0 Å². The summed E-state index contributed by atoms with van der Waals surface area (Å²) in [6.07, 6.45) is 3.82. The molecule has 6 nitrogen and oxygen atoms in total. The van der Waals surface area contributed by atoms with E-state index in [0.29, 0.717) is 29.8 Å². The summed E-state index contributed by atoms with van der Waals surface area (Å²) >= 11 is 0. The molecule has 0 unspecified atom stereocenters. The number of anilines is 1. The largest absolute Gasteiger partial charge is 0.492 e. The Balaban J connectivity index is 1.64. The Morgan fingerprint density at radius 2 is 1.96 bits per heavy atom. The molecular weight excluding hydrogens is 338 g/mol. The van der Waals surface area contributed by atoms with Gasteiger partial charge in [-0.25, -0.2) is 8.42 Å². The number of fused-ring (bicyclic) bond motifs is 1. The van der Waals surface area contributed by atoms with Gasteiger partial charge in [-0.05, 0) is 51.9 Å². The Bertz CT molecular complexity index is 746. The van der Waals surface area contributed by atoms with Crippen molar-refractivity contribution in [3.05, 3.63) is 18.2 Å². The minimum atomic E-state index is -3.46. The molecule has 0 amide bonds. The predicted octanol–water partition coefficient (Wildman–Crippen LogP) is 1.76. The fraction of sp³-hybridized carbons (Fsp3) is 0.667. The van der Waals surface area contributed by atoms with Gasteiger partial charge >= 0.3 is 0 Å². The summed E-state index contributed by atoms with van der Waals surface area (Å²) in [5.74, 6) is 0.510. The van der Waals surface area contributed by atoms with Gasteiger partial charge in [-0.1, -0.05) is 0 Å². The average molecular weight is 365 g/mol. The van der Waals surface area contributed by atoms with Crippen LogP contribution in [0.4, 0.5) is 5.69 Å². The molecule has 0 radical (unpaired) electrons. The van der Waals surface area contributed by atoms with E-state index in [4.69, 9.17) is 4.74 Å². The lowest BCUT2D eigenvalue weighted by Gasteiger charge is -2.27. The van der Waals surface area contributed by atoms with Gasteiger partial charge in [-0.15, -0.1) is 0 Å². The maximum Gasteiger partial charge on any atom is 0.247 e. The second-order valence-electron chi connectivity index (χ2n) is 7.53. The summed E-state index contributed by atoms with van der Waals surface area (Å²) < 4.78 is 33.6. The molecule has 4 rings (SSSR count). The molecule has 1 saturated carbocycles. The average Bonchev–Trinajstić information content (AvgIpc) is 3.26. The van der Waals surface area contributed by atoms with E-state index in [2.05, 4.69) is 23.9 Å². The van der Waals surface area contributed by atoms with Crippen LogP contribution in [0.1, 0.15) is 25.7 Å². The van der Waals surface area contributed by atoms with E-state index in [1.54, 1.807) is 10.4 Å². The van der Waals surface area contributed by atoms with E-state index in [9.17, 15) is 8.42 Å². The predicted molar refractivity (Wildman–Crippen MR) is 97.8 cm³/mol. The Morgan fingerprint density at radius 3 is 2.64 bits per heavy atom. The van der Waals surface area contributed by atoms with Crippen LogP contribution in [0.5, 0.6) is 5.75 Å². The van der Waals surface area contributed by atoms with Crippen molar-refractivity contribution >= 4 is 15.7 Å². The van der Waals surface area contributed by atoms with Crippen molar-refractivity contribution in [2.24, 2.45) is 0 Å². The zero-order chi connectivity index (χ0) is 17.6. The highest BCUT2D eigenvalue weighted by atomic mass is 32.2. The molecule has 1 saturated heterocycles. The van der Waals surface area contributed by atoms with Gasteiger partial charge in [0.15, 0.2) is 0 Å². The molecule has 2 fully saturated rings. The number of nitrogens with zero attached hydrogens (tertiary/aromatic N) is 3. The molecule has 0 aromatic heterocycles. The van der Waals surface area contributed by atoms with E-state index in [0.717, 1.165) is 44.5 Å². The van der Waals surface area contributed by atoms with Crippen LogP contribution in [-0.4, -0.2) is 70.0 Å². The minimum absolute atomic E-state index is 0.190. The first-order valence-corrected chi connectivity index (χ1v) is 10.6. The lowest BCUT2D eigenvalue weighted by atomic mass is 10.2. The van der Waals surface area contributed by atoms with Crippen LogP contribution in [0.3, 0.4) is 0 Å². The van der Waals surface area contributed by atoms with Crippen LogP contribution in [-0.2, 0) is 10.0 Å². The van der Waals surface area contributed by atoms with E-state index in [1.807, 2.05) is 12.1 Å². The van der Waals surface area contributed by atoms with Crippen molar-refractivity contribution in [1.29, 1.82) is 0 Å². The Labute approximate surface area is 150 Å². The van der Waals surface area contributed by atoms with E-state index in [-0.39, 0.29) is 6.04 Å². The summed E-state index contributed by atoms with van der Waals surface area (Å²) in [5.41, 5.74) is 1.05. The molecule has 0 bridgehead atoms. The smallest absolute Gasteiger partial charge is 0.247 e. The summed E-state index contributed by atoms with van der Waals surface area (Å²) in [5, 5.41) is 0. The highest BCUT2D eigenvalue weighted by molar-refractivity contribution is 7.89. The maximum absolute atomic E-state index is 13.1. The van der Waals surface area contributed by atoms with Crippen molar-refractivity contribution in [3.63, 3.8) is 0 Å². The number of benzene rings is 1. The van der Waals surface area contributed by atoms with E-state index >= 15 is 0 Å². The van der Waals surface area contributed by atoms with Crippen molar-refractivity contribution in [1.82, 2.24) is 9.21 Å². The first kappa shape index (κ1) is 17.1. The molecule has 1 aliphatic carbocycles. The van der Waals surface area contributed by atoms with Crippen molar-refractivity contribution in [2.45, 2.75) is 42.7 Å². The van der Waals surface area contributed by atoms with Gasteiger partial charge < -0.3 is 14.5 Å². The van der Waals surface area contributed by atoms with Crippen LogP contribution in [0.25, 0.3) is 0 Å². The minimum Gasteiger partial charge on any atom is -0.492 e. The molecule has 25 heavy (non-hydrogen) atoms. The number of sulfonamides is 1. The van der Waals surface area contributed by atoms with Gasteiger partial charge in [0.05, 0.1) is 6.61 Å². The molecule has 1 atom stereocenters. The van der Waals surface area contributed by atoms with Crippen molar-refractivity contribution < 1.29 is 13.2 Å². The summed E-state index contributed by atoms with van der Waals surface area (Å²) in [4.78, 5) is 4.90. The molecule has 138 valence electrons. The highest BCUT2D eigenvalue weighted by Crippen LogP contribution is 2.38. The summed E-state index contributed by atoms with van der Waals surface area (Å²) in [6.45, 7) is 3.08. The van der Waals surface area contributed by atoms with Gasteiger partial charge in [0, 0.05) is 43.5 Å². The molecule has 2 aliphatic heterocycles. The summed E-state index contributed by atoms with van der Waals surface area (Å²) in [7, 11) is 0.754. The number of likely N-dealkylation sites (N-methyl/N-ethyl adjacent to an activating group) is 1. The highest BCUT2D eigenvalue weighted by Gasteiger charge is 2.40. The first-order valence-electron chi connectivity index (χ1n) is 9.17. The molecular formula is C18H27N3O3S. The number of hydrogen-bond acceptors (Lipinski definition) is 5. The molecule has 7 heteroatoms. The lowest BCUT2D eigenvalue weighted by Crippen LogP contribution is -2.36. The number of rotatable bonds is 3.